The Bertz CT molecular complexity index is 1140. The molecule has 0 aliphatic rings. The fourth-order valence-electron chi connectivity index (χ4n) is 3.19. The standard InChI is InChI=1S/C25H28N2O3S/c1-4-5-7-20-12-14-22(15-13-20)26-25(28)21-8-6-9-23(18-21)27(3)31(29,30)24-16-10-19(2)11-17-24/h6,8-18H,4-5,7H2,1-3H3,(H,26,28). The maximum Gasteiger partial charge on any atom is 0.264 e. The Kier molecular flexibility index (Phi) is 7.13. The molecule has 3 rings (SSSR count). The van der Waals surface area contributed by atoms with Crippen LogP contribution in [0.5, 0.6) is 0 Å². The zero-order valence-electron chi connectivity index (χ0n) is 18.1. The summed E-state index contributed by atoms with van der Waals surface area (Å²) in [6, 6.07) is 21.1. The van der Waals surface area contributed by atoms with Crippen LogP contribution in [0.3, 0.4) is 0 Å². The van der Waals surface area contributed by atoms with Crippen LogP contribution in [-0.2, 0) is 16.4 Å². The Balaban J connectivity index is 1.76. The predicted octanol–water partition coefficient (Wildman–Crippen LogP) is 5.42. The highest BCUT2D eigenvalue weighted by Crippen LogP contribution is 2.24. The Morgan fingerprint density at radius 3 is 2.29 bits per heavy atom. The lowest BCUT2D eigenvalue weighted by Crippen LogP contribution is -2.26. The van der Waals surface area contributed by atoms with Crippen LogP contribution in [0, 0.1) is 6.92 Å². The summed E-state index contributed by atoms with van der Waals surface area (Å²) < 4.78 is 27.1. The van der Waals surface area contributed by atoms with Crippen molar-refractivity contribution in [3.63, 3.8) is 0 Å². The van der Waals surface area contributed by atoms with Gasteiger partial charge < -0.3 is 5.32 Å². The third kappa shape index (κ3) is 5.52. The number of nitrogens with one attached hydrogen (secondary N) is 1. The van der Waals surface area contributed by atoms with Crippen molar-refractivity contribution >= 4 is 27.3 Å². The molecule has 0 saturated heterocycles. The van der Waals surface area contributed by atoms with E-state index in [0.717, 1.165) is 24.8 Å². The first kappa shape index (κ1) is 22.6. The van der Waals surface area contributed by atoms with Gasteiger partial charge in [0.25, 0.3) is 15.9 Å². The van der Waals surface area contributed by atoms with Gasteiger partial charge in [-0.2, -0.15) is 0 Å². The van der Waals surface area contributed by atoms with E-state index in [1.165, 1.54) is 16.9 Å². The second-order valence-corrected chi connectivity index (χ2v) is 9.56. The van der Waals surface area contributed by atoms with Gasteiger partial charge in [0, 0.05) is 18.3 Å². The molecule has 0 aliphatic heterocycles. The minimum absolute atomic E-state index is 0.207. The topological polar surface area (TPSA) is 66.5 Å². The molecular formula is C25H28N2O3S. The third-order valence-corrected chi connectivity index (χ3v) is 6.98. The number of anilines is 2. The van der Waals surface area contributed by atoms with Gasteiger partial charge in [-0.05, 0) is 67.8 Å². The smallest absolute Gasteiger partial charge is 0.264 e. The molecule has 1 amide bonds. The van der Waals surface area contributed by atoms with Crippen LogP contribution in [0.25, 0.3) is 0 Å². The number of nitrogens with zero attached hydrogens (tertiary/aromatic N) is 1. The predicted molar refractivity (Wildman–Crippen MR) is 126 cm³/mol. The molecule has 0 bridgehead atoms. The summed E-state index contributed by atoms with van der Waals surface area (Å²) in [6.07, 6.45) is 3.30. The maximum absolute atomic E-state index is 12.9. The molecule has 3 aromatic carbocycles. The Labute approximate surface area is 184 Å². The molecular weight excluding hydrogens is 408 g/mol. The largest absolute Gasteiger partial charge is 0.322 e. The van der Waals surface area contributed by atoms with Crippen molar-refractivity contribution in [2.45, 2.75) is 38.0 Å². The number of hydrogen-bond acceptors (Lipinski definition) is 3. The molecule has 0 heterocycles. The minimum Gasteiger partial charge on any atom is -0.322 e. The lowest BCUT2D eigenvalue weighted by Gasteiger charge is -2.20. The molecule has 31 heavy (non-hydrogen) atoms. The van der Waals surface area contributed by atoms with Crippen LogP contribution in [-0.4, -0.2) is 21.4 Å². The Morgan fingerprint density at radius 2 is 1.65 bits per heavy atom. The number of unbranched alkanes of at least 4 members (excludes halogenated alkanes) is 1. The van der Waals surface area contributed by atoms with Gasteiger partial charge in [0.1, 0.15) is 0 Å². The minimum atomic E-state index is -3.72. The fourth-order valence-corrected chi connectivity index (χ4v) is 4.38. The zero-order chi connectivity index (χ0) is 22.4. The van der Waals surface area contributed by atoms with Crippen LogP contribution < -0.4 is 9.62 Å². The second kappa shape index (κ2) is 9.79. The lowest BCUT2D eigenvalue weighted by molar-refractivity contribution is 0.102. The third-order valence-electron chi connectivity index (χ3n) is 5.18. The van der Waals surface area contributed by atoms with Gasteiger partial charge in [-0.1, -0.05) is 49.2 Å². The molecule has 0 saturated carbocycles. The van der Waals surface area contributed by atoms with E-state index in [-0.39, 0.29) is 10.8 Å². The molecule has 3 aromatic rings. The van der Waals surface area contributed by atoms with Crippen molar-refractivity contribution in [2.75, 3.05) is 16.7 Å². The van der Waals surface area contributed by atoms with Crippen LogP contribution in [0.2, 0.25) is 0 Å². The Hall–Kier alpha value is -3.12. The van der Waals surface area contributed by atoms with Gasteiger partial charge in [-0.3, -0.25) is 9.10 Å². The first-order chi connectivity index (χ1) is 14.8. The van der Waals surface area contributed by atoms with E-state index in [9.17, 15) is 13.2 Å². The van der Waals surface area contributed by atoms with Gasteiger partial charge in [0.15, 0.2) is 0 Å². The van der Waals surface area contributed by atoms with E-state index in [4.69, 9.17) is 0 Å². The van der Waals surface area contributed by atoms with Crippen LogP contribution in [0.15, 0.2) is 77.7 Å². The van der Waals surface area contributed by atoms with Crippen molar-refractivity contribution in [3.8, 4) is 0 Å². The van der Waals surface area contributed by atoms with Crippen molar-refractivity contribution in [1.82, 2.24) is 0 Å². The average Bonchev–Trinajstić information content (AvgIpc) is 2.78. The zero-order valence-corrected chi connectivity index (χ0v) is 18.9. The number of carbonyl (C=O) groups is 1. The number of amides is 1. The molecule has 0 radical (unpaired) electrons. The molecule has 0 aliphatic carbocycles. The summed E-state index contributed by atoms with van der Waals surface area (Å²) in [5, 5.41) is 2.88. The number of hydrogen-bond donors (Lipinski definition) is 1. The molecule has 6 heteroatoms. The Morgan fingerprint density at radius 1 is 0.968 bits per heavy atom. The molecule has 0 aromatic heterocycles. The van der Waals surface area contributed by atoms with Crippen LogP contribution >= 0.6 is 0 Å². The first-order valence-electron chi connectivity index (χ1n) is 10.4. The number of benzene rings is 3. The maximum atomic E-state index is 12.9. The highest BCUT2D eigenvalue weighted by atomic mass is 32.2. The number of carbonyl (C=O) groups excluding carboxylic acids is 1. The quantitative estimate of drug-likeness (QED) is 0.513. The molecule has 0 atom stereocenters. The second-order valence-electron chi connectivity index (χ2n) is 7.59. The summed E-state index contributed by atoms with van der Waals surface area (Å²) in [7, 11) is -2.23. The molecule has 0 unspecified atom stereocenters. The van der Waals surface area contributed by atoms with Crippen LogP contribution in [0.1, 0.15) is 41.3 Å². The summed E-state index contributed by atoms with van der Waals surface area (Å²) in [5.41, 5.74) is 3.74. The first-order valence-corrected chi connectivity index (χ1v) is 11.8. The van der Waals surface area contributed by atoms with E-state index in [1.807, 2.05) is 31.2 Å². The summed E-state index contributed by atoms with van der Waals surface area (Å²) in [4.78, 5) is 12.9. The fraction of sp³-hybridized carbons (Fsp3) is 0.240. The normalized spacial score (nSPS) is 11.2. The van der Waals surface area contributed by atoms with Gasteiger partial charge in [0.05, 0.1) is 10.6 Å². The molecule has 5 nitrogen and oxygen atoms in total. The van der Waals surface area contributed by atoms with Crippen molar-refractivity contribution in [2.24, 2.45) is 0 Å². The van der Waals surface area contributed by atoms with Gasteiger partial charge in [0.2, 0.25) is 0 Å². The number of aryl methyl sites for hydroxylation is 2. The highest BCUT2D eigenvalue weighted by Gasteiger charge is 2.22. The summed E-state index contributed by atoms with van der Waals surface area (Å²) >= 11 is 0. The van der Waals surface area contributed by atoms with Gasteiger partial charge >= 0.3 is 0 Å². The highest BCUT2D eigenvalue weighted by molar-refractivity contribution is 7.92. The van der Waals surface area contributed by atoms with Gasteiger partial charge in [-0.25, -0.2) is 8.42 Å². The lowest BCUT2D eigenvalue weighted by atomic mass is 10.1. The van der Waals surface area contributed by atoms with Gasteiger partial charge in [-0.15, -0.1) is 0 Å². The average molecular weight is 437 g/mol. The number of rotatable bonds is 8. The number of sulfonamides is 1. The monoisotopic (exact) mass is 436 g/mol. The van der Waals surface area contributed by atoms with Crippen molar-refractivity contribution in [3.05, 3.63) is 89.5 Å². The molecule has 0 fully saturated rings. The van der Waals surface area contributed by atoms with E-state index >= 15 is 0 Å². The molecule has 0 spiro atoms. The van der Waals surface area contributed by atoms with Crippen molar-refractivity contribution in [1.29, 1.82) is 0 Å². The molecule has 1 N–H and O–H groups in total. The molecule has 162 valence electrons. The van der Waals surface area contributed by atoms with E-state index in [1.54, 1.807) is 48.5 Å². The summed E-state index contributed by atoms with van der Waals surface area (Å²) in [5.74, 6) is -0.288. The van der Waals surface area contributed by atoms with E-state index in [2.05, 4.69) is 12.2 Å². The van der Waals surface area contributed by atoms with E-state index in [0.29, 0.717) is 16.9 Å². The van der Waals surface area contributed by atoms with Crippen LogP contribution in [0.4, 0.5) is 11.4 Å². The van der Waals surface area contributed by atoms with E-state index < -0.39 is 10.0 Å². The SMILES string of the molecule is CCCCc1ccc(NC(=O)c2cccc(N(C)S(=O)(=O)c3ccc(C)cc3)c2)cc1. The summed E-state index contributed by atoms with van der Waals surface area (Å²) in [6.45, 7) is 4.06. The van der Waals surface area contributed by atoms with Crippen molar-refractivity contribution < 1.29 is 13.2 Å².